The summed E-state index contributed by atoms with van der Waals surface area (Å²) in [5.74, 6) is 0.0622. The van der Waals surface area contributed by atoms with Crippen LogP contribution in [0.25, 0.3) is 11.3 Å². The van der Waals surface area contributed by atoms with Gasteiger partial charge < -0.3 is 13.9 Å². The fourth-order valence-electron chi connectivity index (χ4n) is 1.97. The molecule has 0 aromatic carbocycles. The minimum atomic E-state index is -0.699. The first kappa shape index (κ1) is 15.1. The van der Waals surface area contributed by atoms with Gasteiger partial charge in [-0.1, -0.05) is 25.5 Å². The lowest BCUT2D eigenvalue weighted by molar-refractivity contribution is 0.0524. The number of carbonyl (C=O) groups excluding carboxylic acids is 1. The van der Waals surface area contributed by atoms with Crippen LogP contribution in [0.4, 0.5) is 0 Å². The van der Waals surface area contributed by atoms with Gasteiger partial charge in [0.15, 0.2) is 17.1 Å². The predicted octanol–water partition coefficient (Wildman–Crippen LogP) is 3.10. The first-order valence-corrected chi connectivity index (χ1v) is 7.04. The number of esters is 1. The highest BCUT2D eigenvalue weighted by molar-refractivity contribution is 5.97. The predicted molar refractivity (Wildman–Crippen MR) is 78.0 cm³/mol. The molecular formula is C16H18O5. The van der Waals surface area contributed by atoms with Crippen molar-refractivity contribution in [3.05, 3.63) is 40.2 Å². The number of fused-ring (bicyclic) bond motifs is 1. The molecule has 21 heavy (non-hydrogen) atoms. The van der Waals surface area contributed by atoms with E-state index in [9.17, 15) is 9.59 Å². The Hall–Kier alpha value is -2.30. The third-order valence-electron chi connectivity index (χ3n) is 2.99. The van der Waals surface area contributed by atoms with Gasteiger partial charge in [-0.15, -0.1) is 0 Å². The number of unbranched alkanes of at least 4 members (excludes halogenated alkanes) is 1. The van der Waals surface area contributed by atoms with E-state index in [1.54, 1.807) is 31.2 Å². The zero-order valence-corrected chi connectivity index (χ0v) is 12.2. The van der Waals surface area contributed by atoms with Crippen molar-refractivity contribution in [3.63, 3.8) is 0 Å². The minimum Gasteiger partial charge on any atom is -0.490 e. The first-order valence-electron chi connectivity index (χ1n) is 7.04. The Balaban J connectivity index is 2.43. The van der Waals surface area contributed by atoms with Crippen molar-refractivity contribution in [1.29, 1.82) is 0 Å². The zero-order chi connectivity index (χ0) is 15.2. The summed E-state index contributed by atoms with van der Waals surface area (Å²) in [4.78, 5) is 23.8. The van der Waals surface area contributed by atoms with E-state index in [0.717, 1.165) is 12.8 Å². The Bertz CT molecular complexity index is 644. The lowest BCUT2D eigenvalue weighted by Crippen LogP contribution is -2.13. The largest absolute Gasteiger partial charge is 0.490 e. The molecule has 2 rings (SSSR count). The van der Waals surface area contributed by atoms with E-state index in [0.29, 0.717) is 17.9 Å². The number of ether oxygens (including phenoxy) is 2. The van der Waals surface area contributed by atoms with E-state index >= 15 is 0 Å². The average Bonchev–Trinajstić information content (AvgIpc) is 2.66. The van der Waals surface area contributed by atoms with E-state index in [4.69, 9.17) is 13.9 Å². The van der Waals surface area contributed by atoms with Crippen LogP contribution in [0.2, 0.25) is 0 Å². The first-order chi connectivity index (χ1) is 10.2. The van der Waals surface area contributed by atoms with Crippen LogP contribution in [0.1, 0.15) is 37.0 Å². The molecule has 0 aromatic heterocycles. The van der Waals surface area contributed by atoms with Gasteiger partial charge in [0.1, 0.15) is 0 Å². The van der Waals surface area contributed by atoms with Gasteiger partial charge in [-0.3, -0.25) is 0 Å². The second-order valence-corrected chi connectivity index (χ2v) is 4.51. The monoisotopic (exact) mass is 290 g/mol. The highest BCUT2D eigenvalue weighted by Crippen LogP contribution is 2.32. The molecule has 2 aliphatic rings. The fraction of sp³-hybridized carbons (Fsp3) is 0.375. The van der Waals surface area contributed by atoms with Crippen molar-refractivity contribution in [2.24, 2.45) is 0 Å². The van der Waals surface area contributed by atoms with Crippen LogP contribution in [-0.4, -0.2) is 19.2 Å². The minimum absolute atomic E-state index is 0.0802. The molecule has 0 fully saturated rings. The van der Waals surface area contributed by atoms with Crippen LogP contribution < -0.4 is 10.4 Å². The highest BCUT2D eigenvalue weighted by Gasteiger charge is 2.26. The summed E-state index contributed by atoms with van der Waals surface area (Å²) in [6.45, 7) is 4.47. The van der Waals surface area contributed by atoms with E-state index in [-0.39, 0.29) is 17.9 Å². The van der Waals surface area contributed by atoms with Gasteiger partial charge in [-0.05, 0) is 25.5 Å². The van der Waals surface area contributed by atoms with E-state index in [2.05, 4.69) is 6.92 Å². The highest BCUT2D eigenvalue weighted by atomic mass is 16.5. The Labute approximate surface area is 122 Å². The van der Waals surface area contributed by atoms with Gasteiger partial charge in [-0.2, -0.15) is 0 Å². The van der Waals surface area contributed by atoms with Crippen LogP contribution in [0.3, 0.4) is 0 Å². The van der Waals surface area contributed by atoms with Gasteiger partial charge >= 0.3 is 11.6 Å². The summed E-state index contributed by atoms with van der Waals surface area (Å²) in [5.41, 5.74) is -0.367. The molecule has 0 saturated heterocycles. The van der Waals surface area contributed by atoms with Crippen molar-refractivity contribution in [1.82, 2.24) is 0 Å². The zero-order valence-electron chi connectivity index (χ0n) is 12.2. The van der Waals surface area contributed by atoms with E-state index < -0.39 is 11.6 Å². The fourth-order valence-corrected chi connectivity index (χ4v) is 1.97. The van der Waals surface area contributed by atoms with Crippen LogP contribution in [0.5, 0.6) is 5.75 Å². The van der Waals surface area contributed by atoms with Crippen molar-refractivity contribution in [3.8, 4) is 17.1 Å². The van der Waals surface area contributed by atoms with Crippen molar-refractivity contribution >= 4 is 5.97 Å². The lowest BCUT2D eigenvalue weighted by Gasteiger charge is -2.05. The van der Waals surface area contributed by atoms with Gasteiger partial charge in [0, 0.05) is 5.56 Å². The smallest absolute Gasteiger partial charge is 0.351 e. The van der Waals surface area contributed by atoms with Crippen LogP contribution in [0, 0.1) is 0 Å². The molecule has 0 atom stereocenters. The Morgan fingerprint density at radius 3 is 2.71 bits per heavy atom. The molecule has 0 unspecified atom stereocenters. The molecule has 0 N–H and O–H groups in total. The molecule has 0 spiro atoms. The molecule has 5 heteroatoms. The van der Waals surface area contributed by atoms with Crippen LogP contribution in [-0.2, 0) is 4.74 Å². The van der Waals surface area contributed by atoms with Crippen molar-refractivity contribution in [2.45, 2.75) is 26.7 Å². The topological polar surface area (TPSA) is 65.7 Å². The van der Waals surface area contributed by atoms with Crippen molar-refractivity contribution in [2.75, 3.05) is 13.2 Å². The van der Waals surface area contributed by atoms with Crippen molar-refractivity contribution < 1.29 is 18.7 Å². The van der Waals surface area contributed by atoms with Gasteiger partial charge in [0.05, 0.1) is 13.2 Å². The van der Waals surface area contributed by atoms with E-state index in [1.165, 1.54) is 0 Å². The molecule has 0 aromatic rings. The number of hydrogen-bond acceptors (Lipinski definition) is 5. The van der Waals surface area contributed by atoms with E-state index in [1.807, 2.05) is 0 Å². The Morgan fingerprint density at radius 2 is 2.00 bits per heavy atom. The molecule has 5 nitrogen and oxygen atoms in total. The van der Waals surface area contributed by atoms with Crippen LogP contribution >= 0.6 is 0 Å². The summed E-state index contributed by atoms with van der Waals surface area (Å²) in [5, 5.41) is 0. The molecule has 0 saturated carbocycles. The normalized spacial score (nSPS) is 10.6. The Kier molecular flexibility index (Phi) is 4.98. The molecule has 1 aliphatic carbocycles. The maximum atomic E-state index is 11.9. The standard InChI is InChI=1S/C16H18O5/c1-3-5-10-20-12-9-7-6-8-11-13(15(17)19-4-2)16(18)21-14(11)12/h6-9H,3-5,10H2,1-2H3. The molecule has 1 heterocycles. The quantitative estimate of drug-likeness (QED) is 0.604. The van der Waals surface area contributed by atoms with Gasteiger partial charge in [0.2, 0.25) is 0 Å². The lowest BCUT2D eigenvalue weighted by atomic mass is 10.1. The molecule has 1 aliphatic heterocycles. The molecule has 0 bridgehead atoms. The number of hydrogen-bond donors (Lipinski definition) is 0. The molecule has 0 amide bonds. The summed E-state index contributed by atoms with van der Waals surface area (Å²) in [6, 6.07) is 6.87. The Morgan fingerprint density at radius 1 is 1.24 bits per heavy atom. The summed E-state index contributed by atoms with van der Waals surface area (Å²) < 4.78 is 15.8. The number of furan rings is 1. The summed E-state index contributed by atoms with van der Waals surface area (Å²) >= 11 is 0. The molecular weight excluding hydrogens is 272 g/mol. The van der Waals surface area contributed by atoms with Gasteiger partial charge in [-0.25, -0.2) is 9.59 Å². The molecule has 112 valence electrons. The van der Waals surface area contributed by atoms with Crippen LogP contribution in [0.15, 0.2) is 33.5 Å². The third kappa shape index (κ3) is 3.24. The number of carbonyl (C=O) groups is 1. The average molecular weight is 290 g/mol. The molecule has 0 radical (unpaired) electrons. The second kappa shape index (κ2) is 6.92. The maximum absolute atomic E-state index is 11.9. The second-order valence-electron chi connectivity index (χ2n) is 4.51. The number of rotatable bonds is 6. The van der Waals surface area contributed by atoms with Gasteiger partial charge in [0.25, 0.3) is 0 Å². The summed E-state index contributed by atoms with van der Waals surface area (Å²) in [7, 11) is 0. The maximum Gasteiger partial charge on any atom is 0.351 e. The summed E-state index contributed by atoms with van der Waals surface area (Å²) in [6.07, 6.45) is 1.90. The SMILES string of the molecule is CCCCOc1ccccc2c(C(=O)OCC)c(=O)oc1-2. The third-order valence-corrected chi connectivity index (χ3v) is 2.99.